The number of benzene rings is 1. The van der Waals surface area contributed by atoms with Crippen LogP contribution in [0.1, 0.15) is 30.9 Å². The standard InChI is InChI=1S/C13H19ClN2/c1-16-9-13(7-2-8-13)12(15)10-3-5-11(14)6-4-10/h3-6,12,16H,2,7-9,15H2,1H3. The maximum Gasteiger partial charge on any atom is 0.0406 e. The van der Waals surface area contributed by atoms with Gasteiger partial charge in [0.15, 0.2) is 0 Å². The largest absolute Gasteiger partial charge is 0.323 e. The molecule has 0 aliphatic heterocycles. The van der Waals surface area contributed by atoms with E-state index in [0.717, 1.165) is 11.6 Å². The predicted octanol–water partition coefficient (Wildman–Crippen LogP) is 2.73. The monoisotopic (exact) mass is 238 g/mol. The number of nitrogens with one attached hydrogen (secondary N) is 1. The third kappa shape index (κ3) is 2.10. The Hall–Kier alpha value is -0.570. The number of hydrogen-bond donors (Lipinski definition) is 2. The minimum absolute atomic E-state index is 0.117. The Balaban J connectivity index is 2.16. The minimum atomic E-state index is 0.117. The molecule has 1 aliphatic rings. The molecule has 3 heteroatoms. The Morgan fingerprint density at radius 3 is 2.44 bits per heavy atom. The van der Waals surface area contributed by atoms with Crippen molar-refractivity contribution in [2.45, 2.75) is 25.3 Å². The normalized spacial score (nSPS) is 20.2. The smallest absolute Gasteiger partial charge is 0.0406 e. The summed E-state index contributed by atoms with van der Waals surface area (Å²) in [6.45, 7) is 0.997. The lowest BCUT2D eigenvalue weighted by atomic mass is 9.62. The van der Waals surface area contributed by atoms with Crippen molar-refractivity contribution in [1.29, 1.82) is 0 Å². The Kier molecular flexibility index (Phi) is 3.53. The van der Waals surface area contributed by atoms with E-state index in [4.69, 9.17) is 17.3 Å². The van der Waals surface area contributed by atoms with E-state index in [2.05, 4.69) is 5.32 Å². The SMILES string of the molecule is CNCC1(C(N)c2ccc(Cl)cc2)CCC1. The van der Waals surface area contributed by atoms with Crippen molar-refractivity contribution in [3.63, 3.8) is 0 Å². The van der Waals surface area contributed by atoms with Crippen LogP contribution >= 0.6 is 11.6 Å². The molecule has 1 atom stereocenters. The lowest BCUT2D eigenvalue weighted by molar-refractivity contribution is 0.0947. The van der Waals surface area contributed by atoms with Crippen molar-refractivity contribution in [3.8, 4) is 0 Å². The third-order valence-corrected chi connectivity index (χ3v) is 4.02. The van der Waals surface area contributed by atoms with Crippen LogP contribution in [0.3, 0.4) is 0 Å². The quantitative estimate of drug-likeness (QED) is 0.847. The molecule has 1 aliphatic carbocycles. The van der Waals surface area contributed by atoms with Crippen molar-refractivity contribution in [3.05, 3.63) is 34.9 Å². The molecule has 0 bridgehead atoms. The molecule has 2 nitrogen and oxygen atoms in total. The molecule has 2 rings (SSSR count). The van der Waals surface area contributed by atoms with Crippen molar-refractivity contribution >= 4 is 11.6 Å². The zero-order valence-electron chi connectivity index (χ0n) is 9.67. The fourth-order valence-corrected chi connectivity index (χ4v) is 2.73. The average Bonchev–Trinajstić information content (AvgIpc) is 2.23. The Bertz CT molecular complexity index is 343. The highest BCUT2D eigenvalue weighted by molar-refractivity contribution is 6.30. The van der Waals surface area contributed by atoms with E-state index in [1.165, 1.54) is 24.8 Å². The number of nitrogens with two attached hydrogens (primary N) is 1. The van der Waals surface area contributed by atoms with Gasteiger partial charge in [-0.25, -0.2) is 0 Å². The van der Waals surface area contributed by atoms with Crippen LogP contribution in [0.25, 0.3) is 0 Å². The van der Waals surface area contributed by atoms with E-state index in [1.54, 1.807) is 0 Å². The van der Waals surface area contributed by atoms with Gasteiger partial charge in [-0.3, -0.25) is 0 Å². The van der Waals surface area contributed by atoms with Crippen LogP contribution in [0.4, 0.5) is 0 Å². The Labute approximate surface area is 102 Å². The molecule has 1 unspecified atom stereocenters. The first kappa shape index (κ1) is 11.9. The van der Waals surface area contributed by atoms with Gasteiger partial charge in [-0.1, -0.05) is 30.2 Å². The fourth-order valence-electron chi connectivity index (χ4n) is 2.60. The average molecular weight is 239 g/mol. The molecule has 16 heavy (non-hydrogen) atoms. The Morgan fingerprint density at radius 2 is 2.00 bits per heavy atom. The molecule has 0 amide bonds. The molecule has 1 saturated carbocycles. The van der Waals surface area contributed by atoms with E-state index >= 15 is 0 Å². The summed E-state index contributed by atoms with van der Waals surface area (Å²) in [7, 11) is 1.99. The first-order chi connectivity index (χ1) is 7.68. The molecule has 0 heterocycles. The van der Waals surface area contributed by atoms with Gasteiger partial charge in [-0.15, -0.1) is 0 Å². The van der Waals surface area contributed by atoms with Gasteiger partial charge in [-0.05, 0) is 37.6 Å². The van der Waals surface area contributed by atoms with Crippen LogP contribution in [0.5, 0.6) is 0 Å². The second-order valence-electron chi connectivity index (χ2n) is 4.78. The van der Waals surface area contributed by atoms with E-state index in [0.29, 0.717) is 0 Å². The second-order valence-corrected chi connectivity index (χ2v) is 5.21. The van der Waals surface area contributed by atoms with Crippen molar-refractivity contribution in [2.75, 3.05) is 13.6 Å². The molecule has 3 N–H and O–H groups in total. The zero-order valence-corrected chi connectivity index (χ0v) is 10.4. The minimum Gasteiger partial charge on any atom is -0.323 e. The molecule has 88 valence electrons. The molecule has 0 aromatic heterocycles. The summed E-state index contributed by atoms with van der Waals surface area (Å²) in [5, 5.41) is 4.04. The highest BCUT2D eigenvalue weighted by Gasteiger charge is 2.42. The summed E-state index contributed by atoms with van der Waals surface area (Å²) < 4.78 is 0. The summed E-state index contributed by atoms with van der Waals surface area (Å²) in [6.07, 6.45) is 3.73. The summed E-state index contributed by atoms with van der Waals surface area (Å²) >= 11 is 5.89. The number of hydrogen-bond acceptors (Lipinski definition) is 2. The second kappa shape index (κ2) is 4.74. The molecular formula is C13H19ClN2. The maximum atomic E-state index is 6.39. The van der Waals surface area contributed by atoms with E-state index in [-0.39, 0.29) is 11.5 Å². The summed E-state index contributed by atoms with van der Waals surface area (Å²) in [5.41, 5.74) is 7.83. The van der Waals surface area contributed by atoms with Crippen LogP contribution < -0.4 is 11.1 Å². The summed E-state index contributed by atoms with van der Waals surface area (Å²) in [5.74, 6) is 0. The van der Waals surface area contributed by atoms with Gasteiger partial charge in [-0.2, -0.15) is 0 Å². The van der Waals surface area contributed by atoms with E-state index in [1.807, 2.05) is 31.3 Å². The molecule has 1 aromatic rings. The van der Waals surface area contributed by atoms with E-state index < -0.39 is 0 Å². The third-order valence-electron chi connectivity index (χ3n) is 3.77. The topological polar surface area (TPSA) is 38.0 Å². The van der Waals surface area contributed by atoms with Crippen LogP contribution in [0, 0.1) is 5.41 Å². The van der Waals surface area contributed by atoms with Gasteiger partial charge >= 0.3 is 0 Å². The highest BCUT2D eigenvalue weighted by atomic mass is 35.5. The maximum absolute atomic E-state index is 6.39. The Morgan fingerprint density at radius 1 is 1.38 bits per heavy atom. The fraction of sp³-hybridized carbons (Fsp3) is 0.538. The zero-order chi connectivity index (χ0) is 11.6. The summed E-state index contributed by atoms with van der Waals surface area (Å²) in [6, 6.07) is 8.04. The van der Waals surface area contributed by atoms with Gasteiger partial charge in [0.2, 0.25) is 0 Å². The molecule has 1 fully saturated rings. The van der Waals surface area contributed by atoms with Crippen molar-refractivity contribution in [1.82, 2.24) is 5.32 Å². The molecule has 0 radical (unpaired) electrons. The predicted molar refractivity (Wildman–Crippen MR) is 68.6 cm³/mol. The highest BCUT2D eigenvalue weighted by Crippen LogP contribution is 2.48. The number of halogens is 1. The van der Waals surface area contributed by atoms with Crippen LogP contribution in [0.2, 0.25) is 5.02 Å². The molecule has 1 aromatic carbocycles. The first-order valence-corrected chi connectivity index (χ1v) is 6.21. The first-order valence-electron chi connectivity index (χ1n) is 5.84. The van der Waals surface area contributed by atoms with Crippen molar-refractivity contribution < 1.29 is 0 Å². The van der Waals surface area contributed by atoms with Gasteiger partial charge in [0.25, 0.3) is 0 Å². The van der Waals surface area contributed by atoms with Gasteiger partial charge in [0.1, 0.15) is 0 Å². The molecular weight excluding hydrogens is 220 g/mol. The van der Waals surface area contributed by atoms with Crippen LogP contribution in [0.15, 0.2) is 24.3 Å². The van der Waals surface area contributed by atoms with Gasteiger partial charge < -0.3 is 11.1 Å². The van der Waals surface area contributed by atoms with Crippen molar-refractivity contribution in [2.24, 2.45) is 11.1 Å². The lowest BCUT2D eigenvalue weighted by Gasteiger charge is -2.46. The van der Waals surface area contributed by atoms with Gasteiger partial charge in [0, 0.05) is 23.0 Å². The number of rotatable bonds is 4. The molecule has 0 spiro atoms. The lowest BCUT2D eigenvalue weighted by Crippen LogP contribution is -2.46. The van der Waals surface area contributed by atoms with Crippen LogP contribution in [-0.2, 0) is 0 Å². The van der Waals surface area contributed by atoms with Crippen LogP contribution in [-0.4, -0.2) is 13.6 Å². The van der Waals surface area contributed by atoms with E-state index in [9.17, 15) is 0 Å². The molecule has 0 saturated heterocycles. The summed E-state index contributed by atoms with van der Waals surface area (Å²) in [4.78, 5) is 0. The van der Waals surface area contributed by atoms with Gasteiger partial charge in [0.05, 0.1) is 0 Å².